The van der Waals surface area contributed by atoms with Gasteiger partial charge in [-0.3, -0.25) is 19.3 Å². The monoisotopic (exact) mass is 593 g/mol. The van der Waals surface area contributed by atoms with Crippen LogP contribution in [-0.4, -0.2) is 74.3 Å². The lowest BCUT2D eigenvalue weighted by Gasteiger charge is -2.50. The first kappa shape index (κ1) is 28.1. The second kappa shape index (κ2) is 11.9. The minimum atomic E-state index is -1.51. The molecule has 2 aromatic rings. The van der Waals surface area contributed by atoms with Gasteiger partial charge in [0.15, 0.2) is 10.8 Å². The van der Waals surface area contributed by atoms with Crippen LogP contribution in [-0.2, 0) is 31.1 Å². The Balaban J connectivity index is 1.50. The van der Waals surface area contributed by atoms with Crippen LogP contribution in [0.1, 0.15) is 12.6 Å². The van der Waals surface area contributed by atoms with Crippen LogP contribution >= 0.6 is 34.9 Å². The van der Waals surface area contributed by atoms with Crippen molar-refractivity contribution in [2.75, 3.05) is 34.9 Å². The van der Waals surface area contributed by atoms with E-state index in [-0.39, 0.29) is 46.2 Å². The van der Waals surface area contributed by atoms with Crippen molar-refractivity contribution in [2.24, 2.45) is 12.2 Å². The molecule has 206 valence electrons. The molecule has 0 spiro atoms. The van der Waals surface area contributed by atoms with E-state index in [2.05, 4.69) is 25.8 Å². The number of rotatable bonds is 11. The number of β-lactam (4-membered cyclic amide) rings is 1. The number of aryl methyl sites for hydroxylation is 1. The number of aromatic nitrogens is 3. The van der Waals surface area contributed by atoms with Gasteiger partial charge in [-0.1, -0.05) is 5.16 Å². The Bertz CT molecular complexity index is 1400. The first-order valence-electron chi connectivity index (χ1n) is 11.3. The van der Waals surface area contributed by atoms with Gasteiger partial charge in [-0.15, -0.1) is 23.1 Å². The molecule has 4 rings (SSSR count). The number of hydrogen-bond donors (Lipinski definition) is 4. The summed E-state index contributed by atoms with van der Waals surface area (Å²) in [5, 5.41) is 22.5. The van der Waals surface area contributed by atoms with Crippen molar-refractivity contribution in [1.82, 2.24) is 20.2 Å². The number of oxime groups is 1. The van der Waals surface area contributed by atoms with E-state index in [9.17, 15) is 24.3 Å². The van der Waals surface area contributed by atoms with E-state index >= 15 is 0 Å². The molecule has 0 bridgehead atoms. The topological polar surface area (TPSA) is 222 Å². The highest BCUT2D eigenvalue weighted by atomic mass is 32.2. The van der Waals surface area contributed by atoms with Gasteiger partial charge in [0.2, 0.25) is 6.41 Å². The van der Waals surface area contributed by atoms with Gasteiger partial charge < -0.3 is 36.8 Å². The molecule has 0 saturated carbocycles. The maximum absolute atomic E-state index is 13.0. The van der Waals surface area contributed by atoms with E-state index in [4.69, 9.17) is 16.3 Å². The lowest BCUT2D eigenvalue weighted by Crippen LogP contribution is -2.71. The summed E-state index contributed by atoms with van der Waals surface area (Å²) in [7, 11) is 1.69. The summed E-state index contributed by atoms with van der Waals surface area (Å²) in [4.78, 5) is 63.3. The Morgan fingerprint density at radius 3 is 2.82 bits per heavy atom. The number of carbonyl (C=O) groups is 4. The summed E-state index contributed by atoms with van der Waals surface area (Å²) in [6, 6.07) is -0.994. The van der Waals surface area contributed by atoms with Crippen LogP contribution in [0.3, 0.4) is 0 Å². The molecule has 15 nitrogen and oxygen atoms in total. The highest BCUT2D eigenvalue weighted by molar-refractivity contribution is 8.01. The number of fused-ring (bicyclic) bond motifs is 1. The zero-order chi connectivity index (χ0) is 28.3. The van der Waals surface area contributed by atoms with Crippen molar-refractivity contribution < 1.29 is 33.7 Å². The molecule has 0 aromatic carbocycles. The third kappa shape index (κ3) is 5.76. The van der Waals surface area contributed by atoms with E-state index in [0.717, 1.165) is 16.2 Å². The van der Waals surface area contributed by atoms with E-state index in [1.807, 2.05) is 0 Å². The van der Waals surface area contributed by atoms with Gasteiger partial charge in [-0.05, 0) is 29.2 Å². The maximum atomic E-state index is 13.0. The highest BCUT2D eigenvalue weighted by Gasteiger charge is 2.53. The first-order valence-corrected chi connectivity index (χ1v) is 14.2. The predicted molar refractivity (Wildman–Crippen MR) is 142 cm³/mol. The second-order valence-electron chi connectivity index (χ2n) is 8.01. The number of nitrogens with zero attached hydrogens (tertiary/aromatic N) is 5. The molecule has 2 aliphatic heterocycles. The lowest BCUT2D eigenvalue weighted by molar-refractivity contribution is -0.712. The fraction of sp³-hybridized carbons (Fsp3) is 0.333. The van der Waals surface area contributed by atoms with Crippen molar-refractivity contribution in [3.05, 3.63) is 28.5 Å². The number of nitrogen functional groups attached to an aromatic ring is 2. The number of thiazole rings is 1. The summed E-state index contributed by atoms with van der Waals surface area (Å²) < 4.78 is 1.63. The molecule has 6 N–H and O–H groups in total. The molecule has 0 aliphatic carbocycles. The van der Waals surface area contributed by atoms with Gasteiger partial charge in [-0.25, -0.2) is 9.55 Å². The number of carbonyl (C=O) groups excluding carboxylic acids is 4. The molecule has 4 heterocycles. The Labute approximate surface area is 234 Å². The molecule has 1 unspecified atom stereocenters. The Kier molecular flexibility index (Phi) is 8.56. The average molecular weight is 594 g/mol. The molecule has 2 aromatic heterocycles. The number of carboxylic acid groups (broad SMARTS) is 1. The normalized spacial score (nSPS) is 18.8. The average Bonchev–Trinajstić information content (AvgIpc) is 3.33. The molecule has 2 atom stereocenters. The maximum Gasteiger partial charge on any atom is 0.361 e. The predicted octanol–water partition coefficient (Wildman–Crippen LogP) is -1.97. The minimum Gasteiger partial charge on any atom is -0.543 e. The van der Waals surface area contributed by atoms with Crippen molar-refractivity contribution in [3.8, 4) is 0 Å². The van der Waals surface area contributed by atoms with Gasteiger partial charge >= 0.3 is 5.16 Å². The summed E-state index contributed by atoms with van der Waals surface area (Å²) >= 11 is 3.62. The summed E-state index contributed by atoms with van der Waals surface area (Å²) in [6.07, 6.45) is 2.06. The molecule has 2 aliphatic rings. The largest absolute Gasteiger partial charge is 0.543 e. The molecule has 1 saturated heterocycles. The standard InChI is InChI=1S/C21H23N9O6S3/c1-3-36-28-12(11-7-38-20(23)25-11)16(32)26-13-17(33)30-14(19(34)35)9(5-37-18(13)30)6-39-21-27-15(22)10(24-8-31)4-29(21)2/h4,7-8,13,18,22H,3,5-6H2,1-2H3,(H5,23,24,25,26,31,32,34,35)/b28-12-/t13?,18-/m1/s1. The number of nitrogens with one attached hydrogen (secondary N) is 2. The number of amides is 3. The van der Waals surface area contributed by atoms with Crippen LogP contribution in [0.4, 0.5) is 16.6 Å². The van der Waals surface area contributed by atoms with Crippen LogP contribution in [0.25, 0.3) is 0 Å². The third-order valence-corrected chi connectivity index (χ3v) is 8.64. The number of carboxylic acids is 1. The van der Waals surface area contributed by atoms with E-state index in [1.54, 1.807) is 24.7 Å². The van der Waals surface area contributed by atoms with Crippen LogP contribution in [0.2, 0.25) is 0 Å². The minimum absolute atomic E-state index is 0.0963. The Morgan fingerprint density at radius 1 is 1.41 bits per heavy atom. The van der Waals surface area contributed by atoms with Gasteiger partial charge in [0.25, 0.3) is 17.6 Å². The van der Waals surface area contributed by atoms with Gasteiger partial charge in [-0.2, -0.15) is 0 Å². The fourth-order valence-electron chi connectivity index (χ4n) is 3.74. The molecular formula is C21H23N9O6S3. The summed E-state index contributed by atoms with van der Waals surface area (Å²) in [6.45, 7) is 1.89. The molecule has 18 heteroatoms. The van der Waals surface area contributed by atoms with Crippen molar-refractivity contribution >= 4 is 81.4 Å². The van der Waals surface area contributed by atoms with Gasteiger partial charge in [0.05, 0.1) is 18.7 Å². The molecule has 39 heavy (non-hydrogen) atoms. The molecule has 0 radical (unpaired) electrons. The first-order chi connectivity index (χ1) is 18.7. The zero-order valence-electron chi connectivity index (χ0n) is 20.6. The lowest BCUT2D eigenvalue weighted by atomic mass is 10.0. The summed E-state index contributed by atoms with van der Waals surface area (Å²) in [5.74, 6) is -2.28. The van der Waals surface area contributed by atoms with Crippen LogP contribution in [0, 0.1) is 0 Å². The number of hydrogen-bond acceptors (Lipinski definition) is 14. The number of aliphatic carboxylic acids is 1. The van der Waals surface area contributed by atoms with Gasteiger partial charge in [0.1, 0.15) is 35.6 Å². The second-order valence-corrected chi connectivity index (χ2v) is 11.0. The fourth-order valence-corrected chi connectivity index (χ4v) is 6.72. The Hall–Kier alpha value is -3.90. The highest BCUT2D eigenvalue weighted by Crippen LogP contribution is 2.41. The third-order valence-electron chi connectivity index (χ3n) is 5.50. The zero-order valence-corrected chi connectivity index (χ0v) is 23.0. The SMILES string of the molecule is CCO/N=C(\C(=O)NC1C(=O)N2C(C(=O)[O-])=C(CSc3nc(N)c(NC=O)c[n+]3C)CS[C@H]12)c1csc(N)n1. The van der Waals surface area contributed by atoms with Crippen LogP contribution < -0.4 is 31.8 Å². The van der Waals surface area contributed by atoms with Crippen molar-refractivity contribution in [2.45, 2.75) is 23.5 Å². The van der Waals surface area contributed by atoms with E-state index < -0.39 is 29.2 Å². The Morgan fingerprint density at radius 2 is 2.18 bits per heavy atom. The summed E-state index contributed by atoms with van der Waals surface area (Å²) in [5.41, 5.74) is 12.1. The van der Waals surface area contributed by atoms with Crippen LogP contribution in [0.15, 0.2) is 33.2 Å². The van der Waals surface area contributed by atoms with E-state index in [0.29, 0.717) is 22.8 Å². The number of thioether (sulfide) groups is 2. The number of nitrogens with two attached hydrogens (primary N) is 2. The van der Waals surface area contributed by atoms with Gasteiger partial charge in [0, 0.05) is 16.9 Å². The molecular weight excluding hydrogens is 570 g/mol. The van der Waals surface area contributed by atoms with Crippen molar-refractivity contribution in [1.29, 1.82) is 0 Å². The molecule has 1 fully saturated rings. The molecule has 3 amide bonds. The number of anilines is 3. The smallest absolute Gasteiger partial charge is 0.361 e. The van der Waals surface area contributed by atoms with E-state index in [1.165, 1.54) is 28.9 Å². The van der Waals surface area contributed by atoms with Crippen molar-refractivity contribution in [3.63, 3.8) is 0 Å². The quantitative estimate of drug-likeness (QED) is 0.0424. The van der Waals surface area contributed by atoms with Crippen LogP contribution in [0.5, 0.6) is 0 Å².